The molecule has 1 aliphatic rings. The SMILES string of the molecule is CCCCC(CC)C(=O)N(CC(N)=S)C1CCCC1. The quantitative estimate of drug-likeness (QED) is 0.696. The Kier molecular flexibility index (Phi) is 7.36. The van der Waals surface area contributed by atoms with Gasteiger partial charge in [0.05, 0.1) is 11.5 Å². The van der Waals surface area contributed by atoms with E-state index in [1.54, 1.807) is 0 Å². The highest BCUT2D eigenvalue weighted by Gasteiger charge is 2.30. The molecule has 2 N–H and O–H groups in total. The number of carbonyl (C=O) groups is 1. The van der Waals surface area contributed by atoms with E-state index < -0.39 is 0 Å². The van der Waals surface area contributed by atoms with Crippen molar-refractivity contribution in [2.45, 2.75) is 71.3 Å². The third-order valence-electron chi connectivity index (χ3n) is 4.12. The third-order valence-corrected chi connectivity index (χ3v) is 4.25. The van der Waals surface area contributed by atoms with Gasteiger partial charge in [0.2, 0.25) is 5.91 Å². The first-order valence-corrected chi connectivity index (χ1v) is 8.09. The maximum absolute atomic E-state index is 12.7. The molecule has 0 saturated heterocycles. The van der Waals surface area contributed by atoms with Crippen molar-refractivity contribution < 1.29 is 4.79 Å². The van der Waals surface area contributed by atoms with E-state index in [1.807, 2.05) is 4.90 Å². The standard InChI is InChI=1S/C15H28N2OS/c1-3-5-8-12(4-2)15(18)17(11-14(16)19)13-9-6-7-10-13/h12-13H,3-11H2,1-2H3,(H2,16,19). The Morgan fingerprint density at radius 2 is 2.00 bits per heavy atom. The number of hydrogen-bond donors (Lipinski definition) is 1. The van der Waals surface area contributed by atoms with Crippen LogP contribution in [0.1, 0.15) is 65.2 Å². The molecule has 110 valence electrons. The highest BCUT2D eigenvalue weighted by Crippen LogP contribution is 2.26. The van der Waals surface area contributed by atoms with Crippen LogP contribution >= 0.6 is 12.2 Å². The molecule has 1 unspecified atom stereocenters. The van der Waals surface area contributed by atoms with Gasteiger partial charge >= 0.3 is 0 Å². The van der Waals surface area contributed by atoms with E-state index in [-0.39, 0.29) is 11.8 Å². The topological polar surface area (TPSA) is 46.3 Å². The lowest BCUT2D eigenvalue weighted by Gasteiger charge is -2.32. The smallest absolute Gasteiger partial charge is 0.226 e. The molecule has 1 atom stereocenters. The van der Waals surface area contributed by atoms with Gasteiger partial charge in [-0.2, -0.15) is 0 Å². The van der Waals surface area contributed by atoms with Gasteiger partial charge in [-0.1, -0.05) is 51.7 Å². The second kappa shape index (κ2) is 8.51. The molecule has 1 fully saturated rings. The summed E-state index contributed by atoms with van der Waals surface area (Å²) in [5, 5.41) is 0. The van der Waals surface area contributed by atoms with Crippen LogP contribution in [0.15, 0.2) is 0 Å². The molecule has 1 aliphatic carbocycles. The minimum Gasteiger partial charge on any atom is -0.392 e. The Hall–Kier alpha value is -0.640. The lowest BCUT2D eigenvalue weighted by atomic mass is 9.96. The van der Waals surface area contributed by atoms with Crippen molar-refractivity contribution >= 4 is 23.1 Å². The van der Waals surface area contributed by atoms with Crippen LogP contribution in [0.5, 0.6) is 0 Å². The van der Waals surface area contributed by atoms with Crippen molar-refractivity contribution in [3.05, 3.63) is 0 Å². The Bertz CT molecular complexity index is 301. The van der Waals surface area contributed by atoms with Crippen LogP contribution in [0.2, 0.25) is 0 Å². The zero-order valence-corrected chi connectivity index (χ0v) is 13.2. The lowest BCUT2D eigenvalue weighted by Crippen LogP contribution is -2.46. The molecule has 0 aromatic rings. The molecule has 19 heavy (non-hydrogen) atoms. The molecule has 0 spiro atoms. The normalized spacial score (nSPS) is 17.4. The monoisotopic (exact) mass is 284 g/mol. The van der Waals surface area contributed by atoms with Gasteiger partial charge in [-0.3, -0.25) is 4.79 Å². The van der Waals surface area contributed by atoms with Gasteiger partial charge in [0, 0.05) is 12.0 Å². The van der Waals surface area contributed by atoms with Gasteiger partial charge in [-0.05, 0) is 25.7 Å². The Balaban J connectivity index is 2.70. The van der Waals surface area contributed by atoms with Crippen molar-refractivity contribution in [3.8, 4) is 0 Å². The van der Waals surface area contributed by atoms with Crippen molar-refractivity contribution in [3.63, 3.8) is 0 Å². The summed E-state index contributed by atoms with van der Waals surface area (Å²) in [5.74, 6) is 0.422. The minimum absolute atomic E-state index is 0.148. The zero-order chi connectivity index (χ0) is 14.3. The number of nitrogens with two attached hydrogens (primary N) is 1. The maximum Gasteiger partial charge on any atom is 0.226 e. The van der Waals surface area contributed by atoms with Crippen molar-refractivity contribution in [2.75, 3.05) is 6.54 Å². The second-order valence-corrected chi connectivity index (χ2v) is 6.14. The third kappa shape index (κ3) is 5.09. The van der Waals surface area contributed by atoms with Gasteiger partial charge in [0.1, 0.15) is 0 Å². The molecular weight excluding hydrogens is 256 g/mol. The van der Waals surface area contributed by atoms with Crippen LogP contribution in [0.3, 0.4) is 0 Å². The first kappa shape index (κ1) is 16.4. The Labute approximate surface area is 122 Å². The minimum atomic E-state index is 0.148. The van der Waals surface area contributed by atoms with Gasteiger partial charge < -0.3 is 10.6 Å². The molecule has 0 aromatic carbocycles. The molecule has 0 aromatic heterocycles. The Morgan fingerprint density at radius 1 is 1.37 bits per heavy atom. The number of rotatable bonds is 8. The average molecular weight is 284 g/mol. The van der Waals surface area contributed by atoms with E-state index in [9.17, 15) is 4.79 Å². The van der Waals surface area contributed by atoms with Crippen LogP contribution < -0.4 is 5.73 Å². The van der Waals surface area contributed by atoms with Crippen molar-refractivity contribution in [1.82, 2.24) is 4.90 Å². The van der Waals surface area contributed by atoms with E-state index in [2.05, 4.69) is 13.8 Å². The van der Waals surface area contributed by atoms with E-state index in [0.717, 1.165) is 38.5 Å². The first-order chi connectivity index (χ1) is 9.10. The van der Waals surface area contributed by atoms with E-state index in [1.165, 1.54) is 12.8 Å². The van der Waals surface area contributed by atoms with Crippen molar-refractivity contribution in [2.24, 2.45) is 11.7 Å². The summed E-state index contributed by atoms with van der Waals surface area (Å²) in [6, 6.07) is 0.365. The Morgan fingerprint density at radius 3 is 2.47 bits per heavy atom. The summed E-state index contributed by atoms with van der Waals surface area (Å²) in [4.78, 5) is 15.1. The lowest BCUT2D eigenvalue weighted by molar-refractivity contribution is -0.137. The number of thiocarbonyl (C=S) groups is 1. The number of carbonyl (C=O) groups excluding carboxylic acids is 1. The number of amides is 1. The van der Waals surface area contributed by atoms with Gasteiger partial charge in [0.15, 0.2) is 0 Å². The average Bonchev–Trinajstić information content (AvgIpc) is 2.90. The van der Waals surface area contributed by atoms with E-state index >= 15 is 0 Å². The fraction of sp³-hybridized carbons (Fsp3) is 0.867. The molecule has 0 bridgehead atoms. The molecule has 0 aliphatic heterocycles. The van der Waals surface area contributed by atoms with Gasteiger partial charge in [-0.15, -0.1) is 0 Å². The predicted octanol–water partition coefficient (Wildman–Crippen LogP) is 3.26. The molecule has 3 nitrogen and oxygen atoms in total. The van der Waals surface area contributed by atoms with Crippen LogP contribution in [-0.2, 0) is 4.79 Å². The van der Waals surface area contributed by atoms with E-state index in [0.29, 0.717) is 17.6 Å². The maximum atomic E-state index is 12.7. The molecule has 0 heterocycles. The fourth-order valence-corrected chi connectivity index (χ4v) is 3.10. The van der Waals surface area contributed by atoms with Crippen LogP contribution in [0, 0.1) is 5.92 Å². The second-order valence-electron chi connectivity index (χ2n) is 5.62. The van der Waals surface area contributed by atoms with Gasteiger partial charge in [-0.25, -0.2) is 0 Å². The molecule has 1 rings (SSSR count). The van der Waals surface area contributed by atoms with Crippen molar-refractivity contribution in [1.29, 1.82) is 0 Å². The zero-order valence-electron chi connectivity index (χ0n) is 12.4. The summed E-state index contributed by atoms with van der Waals surface area (Å²) in [5.41, 5.74) is 5.68. The summed E-state index contributed by atoms with van der Waals surface area (Å²) >= 11 is 5.02. The largest absolute Gasteiger partial charge is 0.392 e. The van der Waals surface area contributed by atoms with Crippen LogP contribution in [0.4, 0.5) is 0 Å². The summed E-state index contributed by atoms with van der Waals surface area (Å²) in [7, 11) is 0. The summed E-state index contributed by atoms with van der Waals surface area (Å²) < 4.78 is 0. The summed E-state index contributed by atoms with van der Waals surface area (Å²) in [6.45, 7) is 4.73. The number of nitrogens with zero attached hydrogens (tertiary/aromatic N) is 1. The van der Waals surface area contributed by atoms with Crippen LogP contribution in [-0.4, -0.2) is 28.4 Å². The number of hydrogen-bond acceptors (Lipinski definition) is 2. The highest BCUT2D eigenvalue weighted by molar-refractivity contribution is 7.80. The van der Waals surface area contributed by atoms with Gasteiger partial charge in [0.25, 0.3) is 0 Å². The fourth-order valence-electron chi connectivity index (χ4n) is 2.96. The molecule has 0 radical (unpaired) electrons. The van der Waals surface area contributed by atoms with Crippen LogP contribution in [0.25, 0.3) is 0 Å². The molecule has 1 saturated carbocycles. The molecular formula is C15H28N2OS. The number of unbranched alkanes of at least 4 members (excludes halogenated alkanes) is 1. The molecule has 4 heteroatoms. The molecule has 1 amide bonds. The highest BCUT2D eigenvalue weighted by atomic mass is 32.1. The summed E-state index contributed by atoms with van der Waals surface area (Å²) in [6.07, 6.45) is 8.83. The van der Waals surface area contributed by atoms with E-state index in [4.69, 9.17) is 18.0 Å². The first-order valence-electron chi connectivity index (χ1n) is 7.68. The predicted molar refractivity (Wildman–Crippen MR) is 84.1 cm³/mol.